The molecule has 1 aromatic carbocycles. The monoisotopic (exact) mass is 332 g/mol. The van der Waals surface area contributed by atoms with Gasteiger partial charge in [-0.25, -0.2) is 0 Å². The molecule has 1 heterocycles. The van der Waals surface area contributed by atoms with Crippen LogP contribution in [0.15, 0.2) is 30.3 Å². The van der Waals surface area contributed by atoms with E-state index in [9.17, 15) is 14.4 Å². The third-order valence-electron chi connectivity index (χ3n) is 4.50. The van der Waals surface area contributed by atoms with Crippen LogP contribution in [-0.2, 0) is 9.59 Å². The molecule has 1 saturated heterocycles. The van der Waals surface area contributed by atoms with E-state index in [4.69, 9.17) is 5.11 Å². The fourth-order valence-corrected chi connectivity index (χ4v) is 3.06. The van der Waals surface area contributed by atoms with Crippen LogP contribution in [0, 0.1) is 0 Å². The molecule has 24 heavy (non-hydrogen) atoms. The quantitative estimate of drug-likeness (QED) is 0.748. The first kappa shape index (κ1) is 18.0. The first-order valence-corrected chi connectivity index (χ1v) is 8.32. The number of carbonyl (C=O) groups is 3. The minimum atomic E-state index is -0.847. The summed E-state index contributed by atoms with van der Waals surface area (Å²) in [5.74, 6) is -1.13. The zero-order chi connectivity index (χ0) is 17.6. The number of likely N-dealkylation sites (tertiary alicyclic amines) is 1. The van der Waals surface area contributed by atoms with Crippen LogP contribution in [0.25, 0.3) is 0 Å². The second-order valence-electron chi connectivity index (χ2n) is 6.31. The van der Waals surface area contributed by atoms with Crippen molar-refractivity contribution in [3.8, 4) is 0 Å². The molecule has 2 rings (SSSR count). The van der Waals surface area contributed by atoms with Crippen molar-refractivity contribution in [2.75, 3.05) is 13.1 Å². The van der Waals surface area contributed by atoms with E-state index in [1.54, 1.807) is 24.0 Å². The van der Waals surface area contributed by atoms with Crippen LogP contribution in [-0.4, -0.2) is 46.4 Å². The summed E-state index contributed by atoms with van der Waals surface area (Å²) in [6.07, 6.45) is 2.67. The Hall–Kier alpha value is -2.37. The topological polar surface area (TPSA) is 86.7 Å². The highest BCUT2D eigenvalue weighted by molar-refractivity contribution is 5.99. The summed E-state index contributed by atoms with van der Waals surface area (Å²) < 4.78 is 0. The number of amides is 2. The van der Waals surface area contributed by atoms with Crippen molar-refractivity contribution in [3.63, 3.8) is 0 Å². The van der Waals surface area contributed by atoms with Gasteiger partial charge < -0.3 is 15.3 Å². The van der Waals surface area contributed by atoms with Gasteiger partial charge in [-0.3, -0.25) is 14.4 Å². The molecule has 2 amide bonds. The highest BCUT2D eigenvalue weighted by Gasteiger charge is 2.45. The van der Waals surface area contributed by atoms with Crippen molar-refractivity contribution in [3.05, 3.63) is 35.9 Å². The largest absolute Gasteiger partial charge is 0.481 e. The summed E-state index contributed by atoms with van der Waals surface area (Å²) in [4.78, 5) is 37.4. The number of carboxylic acids is 1. The second kappa shape index (κ2) is 7.95. The predicted molar refractivity (Wildman–Crippen MR) is 89.6 cm³/mol. The number of benzene rings is 1. The molecule has 130 valence electrons. The van der Waals surface area contributed by atoms with E-state index in [0.29, 0.717) is 37.9 Å². The number of nitrogens with zero attached hydrogens (tertiary/aromatic N) is 1. The molecule has 1 fully saturated rings. The van der Waals surface area contributed by atoms with Gasteiger partial charge in [-0.15, -0.1) is 0 Å². The molecule has 0 radical (unpaired) electrons. The Morgan fingerprint density at radius 2 is 1.92 bits per heavy atom. The molecule has 1 aromatic rings. The van der Waals surface area contributed by atoms with Gasteiger partial charge in [-0.05, 0) is 44.7 Å². The maximum atomic E-state index is 12.7. The van der Waals surface area contributed by atoms with E-state index in [0.717, 1.165) is 6.42 Å². The summed E-state index contributed by atoms with van der Waals surface area (Å²) in [5, 5.41) is 11.5. The Morgan fingerprint density at radius 3 is 2.58 bits per heavy atom. The third kappa shape index (κ3) is 4.13. The van der Waals surface area contributed by atoms with Crippen LogP contribution in [0.4, 0.5) is 0 Å². The lowest BCUT2D eigenvalue weighted by atomic mass is 9.96. The minimum Gasteiger partial charge on any atom is -0.481 e. The van der Waals surface area contributed by atoms with E-state index in [1.807, 2.05) is 18.2 Å². The van der Waals surface area contributed by atoms with Gasteiger partial charge in [0.2, 0.25) is 5.91 Å². The Bertz CT molecular complexity index is 602. The van der Waals surface area contributed by atoms with E-state index >= 15 is 0 Å². The summed E-state index contributed by atoms with van der Waals surface area (Å²) in [6, 6.07) is 8.98. The van der Waals surface area contributed by atoms with Crippen LogP contribution in [0.3, 0.4) is 0 Å². The van der Waals surface area contributed by atoms with Gasteiger partial charge in [0.05, 0.1) is 0 Å². The lowest BCUT2D eigenvalue weighted by Gasteiger charge is -2.34. The standard InChI is InChI=1S/C18H24N2O4/c1-18(17(24)19-12-6-5-10-15(21)22)11-7-13-20(18)16(23)14-8-3-2-4-9-14/h2-4,8-9H,5-7,10-13H2,1H3,(H,19,24)(H,21,22). The average molecular weight is 332 g/mol. The maximum absolute atomic E-state index is 12.7. The van der Waals surface area contributed by atoms with Gasteiger partial charge in [-0.2, -0.15) is 0 Å². The van der Waals surface area contributed by atoms with Gasteiger partial charge in [0.1, 0.15) is 5.54 Å². The summed E-state index contributed by atoms with van der Waals surface area (Å²) in [5.41, 5.74) is -0.264. The second-order valence-corrected chi connectivity index (χ2v) is 6.31. The van der Waals surface area contributed by atoms with Crippen molar-refractivity contribution in [2.45, 2.75) is 44.6 Å². The first-order valence-electron chi connectivity index (χ1n) is 8.32. The number of carboxylic acid groups (broad SMARTS) is 1. The number of aliphatic carboxylic acids is 1. The normalized spacial score (nSPS) is 20.0. The number of hydrogen-bond donors (Lipinski definition) is 2. The molecule has 1 aliphatic rings. The molecule has 0 bridgehead atoms. The number of carbonyl (C=O) groups excluding carboxylic acids is 2. The smallest absolute Gasteiger partial charge is 0.303 e. The molecular weight excluding hydrogens is 308 g/mol. The fourth-order valence-electron chi connectivity index (χ4n) is 3.06. The summed E-state index contributed by atoms with van der Waals surface area (Å²) in [6.45, 7) is 2.79. The van der Waals surface area contributed by atoms with Gasteiger partial charge >= 0.3 is 5.97 Å². The first-order chi connectivity index (χ1) is 11.4. The molecule has 1 aliphatic heterocycles. The zero-order valence-corrected chi connectivity index (χ0v) is 14.0. The number of nitrogens with one attached hydrogen (secondary N) is 1. The van der Waals surface area contributed by atoms with Crippen LogP contribution in [0.1, 0.15) is 49.4 Å². The molecule has 0 aromatic heterocycles. The van der Waals surface area contributed by atoms with Crippen LogP contribution in [0.5, 0.6) is 0 Å². The molecule has 1 unspecified atom stereocenters. The molecule has 6 heteroatoms. The van der Waals surface area contributed by atoms with Crippen LogP contribution >= 0.6 is 0 Å². The fraction of sp³-hybridized carbons (Fsp3) is 0.500. The zero-order valence-electron chi connectivity index (χ0n) is 14.0. The summed E-state index contributed by atoms with van der Waals surface area (Å²) in [7, 11) is 0. The van der Waals surface area contributed by atoms with E-state index < -0.39 is 11.5 Å². The lowest BCUT2D eigenvalue weighted by Crippen LogP contribution is -2.55. The van der Waals surface area contributed by atoms with Gasteiger partial charge in [0.25, 0.3) is 5.91 Å². The summed E-state index contributed by atoms with van der Waals surface area (Å²) >= 11 is 0. The number of unbranched alkanes of at least 4 members (excludes halogenated alkanes) is 1. The van der Waals surface area contributed by atoms with Crippen molar-refractivity contribution in [2.24, 2.45) is 0 Å². The van der Waals surface area contributed by atoms with E-state index in [-0.39, 0.29) is 18.2 Å². The van der Waals surface area contributed by atoms with Crippen LogP contribution in [0.2, 0.25) is 0 Å². The molecular formula is C18H24N2O4. The third-order valence-corrected chi connectivity index (χ3v) is 4.50. The predicted octanol–water partition coefficient (Wildman–Crippen LogP) is 2.05. The lowest BCUT2D eigenvalue weighted by molar-refractivity contribution is -0.137. The highest BCUT2D eigenvalue weighted by atomic mass is 16.4. The van der Waals surface area contributed by atoms with E-state index in [1.165, 1.54) is 0 Å². The average Bonchev–Trinajstić information content (AvgIpc) is 2.97. The molecule has 0 aliphatic carbocycles. The maximum Gasteiger partial charge on any atom is 0.303 e. The number of rotatable bonds is 7. The van der Waals surface area contributed by atoms with Crippen LogP contribution < -0.4 is 5.32 Å². The van der Waals surface area contributed by atoms with Crippen molar-refractivity contribution < 1.29 is 19.5 Å². The van der Waals surface area contributed by atoms with Crippen molar-refractivity contribution in [1.29, 1.82) is 0 Å². The molecule has 2 N–H and O–H groups in total. The van der Waals surface area contributed by atoms with Gasteiger partial charge in [0.15, 0.2) is 0 Å². The Labute approximate surface area is 141 Å². The number of hydrogen-bond acceptors (Lipinski definition) is 3. The Kier molecular flexibility index (Phi) is 5.95. The highest BCUT2D eigenvalue weighted by Crippen LogP contribution is 2.30. The van der Waals surface area contributed by atoms with Gasteiger partial charge in [-0.1, -0.05) is 18.2 Å². The van der Waals surface area contributed by atoms with Gasteiger partial charge in [0, 0.05) is 25.1 Å². The molecule has 0 saturated carbocycles. The molecule has 0 spiro atoms. The Morgan fingerprint density at radius 1 is 1.21 bits per heavy atom. The minimum absolute atomic E-state index is 0.103. The molecule has 6 nitrogen and oxygen atoms in total. The van der Waals surface area contributed by atoms with E-state index in [2.05, 4.69) is 5.32 Å². The van der Waals surface area contributed by atoms with Crippen molar-refractivity contribution >= 4 is 17.8 Å². The Balaban J connectivity index is 1.95. The van der Waals surface area contributed by atoms with Crippen molar-refractivity contribution in [1.82, 2.24) is 10.2 Å². The molecule has 1 atom stereocenters. The SMILES string of the molecule is CC1(C(=O)NCCCCC(=O)O)CCCN1C(=O)c1ccccc1.